The van der Waals surface area contributed by atoms with Crippen LogP contribution in [0.15, 0.2) is 30.3 Å². The molecule has 9 atom stereocenters. The number of nitrogens with one attached hydrogen (secondary N) is 6. The van der Waals surface area contributed by atoms with Gasteiger partial charge >= 0.3 is 5.97 Å². The molecule has 1 aromatic carbocycles. The Morgan fingerprint density at radius 3 is 1.38 bits per heavy atom. The first kappa shape index (κ1) is 39.0. The van der Waals surface area contributed by atoms with E-state index in [0.717, 1.165) is 20.8 Å². The monoisotopic (exact) mass is 679 g/mol. The fourth-order valence-electron chi connectivity index (χ4n) is 4.62. The smallest absolute Gasteiger partial charge is 0.305 e. The molecule has 1 heterocycles. The lowest BCUT2D eigenvalue weighted by Crippen LogP contribution is -2.65. The number of aliphatic hydroxyl groups excluding tert-OH is 3. The third kappa shape index (κ3) is 11.6. The van der Waals surface area contributed by atoms with Crippen LogP contribution in [0.3, 0.4) is 0 Å². The van der Waals surface area contributed by atoms with Crippen molar-refractivity contribution in [1.29, 1.82) is 0 Å². The molecule has 0 aromatic heterocycles. The molecule has 12 N–H and O–H groups in total. The van der Waals surface area contributed by atoms with E-state index in [2.05, 4.69) is 31.9 Å². The van der Waals surface area contributed by atoms with Gasteiger partial charge in [0, 0.05) is 6.42 Å². The molecule has 1 fully saturated rings. The molecule has 0 saturated carbocycles. The Morgan fingerprint density at radius 1 is 0.604 bits per heavy atom. The predicted molar refractivity (Wildman–Crippen MR) is 163 cm³/mol. The van der Waals surface area contributed by atoms with Gasteiger partial charge in [0.2, 0.25) is 41.4 Å². The number of hydrogen-bond donors (Lipinski definition) is 11. The lowest BCUT2D eigenvalue weighted by molar-refractivity contribution is -0.143. The van der Waals surface area contributed by atoms with Crippen molar-refractivity contribution < 1.29 is 58.8 Å². The van der Waals surface area contributed by atoms with E-state index in [4.69, 9.17) is 5.73 Å². The summed E-state index contributed by atoms with van der Waals surface area (Å²) in [5.74, 6) is -9.73. The minimum absolute atomic E-state index is 0.207. The Bertz CT molecular complexity index is 1370. The quantitative estimate of drug-likeness (QED) is 0.117. The molecular weight excluding hydrogens is 638 g/mol. The van der Waals surface area contributed by atoms with Crippen LogP contribution in [0.4, 0.5) is 0 Å². The highest BCUT2D eigenvalue weighted by Crippen LogP contribution is 2.08. The molecule has 1 saturated heterocycles. The van der Waals surface area contributed by atoms with Gasteiger partial charge in [-0.3, -0.25) is 38.4 Å². The first-order chi connectivity index (χ1) is 22.4. The van der Waals surface area contributed by atoms with Crippen LogP contribution >= 0.6 is 0 Å². The summed E-state index contributed by atoms with van der Waals surface area (Å²) >= 11 is 0. The second-order valence-electron chi connectivity index (χ2n) is 11.3. The third-order valence-electron chi connectivity index (χ3n) is 7.15. The number of carbonyl (C=O) groups excluding carboxylic acids is 7. The topological polar surface area (TPSA) is 316 Å². The molecule has 19 heteroatoms. The third-order valence-corrected chi connectivity index (χ3v) is 7.15. The Hall–Kier alpha value is -5.14. The molecule has 0 aliphatic carbocycles. The van der Waals surface area contributed by atoms with Gasteiger partial charge in [-0.05, 0) is 26.3 Å². The molecule has 2 rings (SSSR count). The molecule has 7 amide bonds. The fourth-order valence-corrected chi connectivity index (χ4v) is 4.62. The van der Waals surface area contributed by atoms with Gasteiger partial charge in [-0.25, -0.2) is 0 Å². The van der Waals surface area contributed by atoms with Gasteiger partial charge in [0.05, 0.1) is 31.2 Å². The number of carboxylic acid groups (broad SMARTS) is 1. The van der Waals surface area contributed by atoms with Gasteiger partial charge in [0.25, 0.3) is 0 Å². The number of nitrogens with two attached hydrogens (primary N) is 1. The van der Waals surface area contributed by atoms with E-state index in [9.17, 15) is 58.8 Å². The summed E-state index contributed by atoms with van der Waals surface area (Å²) in [6.45, 7) is 3.27. The normalized spacial score (nSPS) is 26.9. The van der Waals surface area contributed by atoms with Crippen LogP contribution in [0.25, 0.3) is 0 Å². The second kappa shape index (κ2) is 17.7. The summed E-state index contributed by atoms with van der Waals surface area (Å²) in [5.41, 5.74) is 5.80. The molecule has 1 aliphatic heterocycles. The van der Waals surface area contributed by atoms with E-state index < -0.39 is 115 Å². The van der Waals surface area contributed by atoms with Crippen molar-refractivity contribution in [2.75, 3.05) is 0 Å². The van der Waals surface area contributed by atoms with Crippen LogP contribution in [0.5, 0.6) is 0 Å². The number of primary amides is 1. The molecule has 48 heavy (non-hydrogen) atoms. The Kier molecular flexibility index (Phi) is 14.4. The zero-order valence-corrected chi connectivity index (χ0v) is 26.3. The Morgan fingerprint density at radius 2 is 0.958 bits per heavy atom. The van der Waals surface area contributed by atoms with Crippen LogP contribution in [-0.4, -0.2) is 122 Å². The Labute approximate surface area is 274 Å². The summed E-state index contributed by atoms with van der Waals surface area (Å²) in [4.78, 5) is 103. The van der Waals surface area contributed by atoms with Crippen molar-refractivity contribution in [1.82, 2.24) is 31.9 Å². The molecular formula is C29H41N7O12. The fraction of sp³-hybridized carbons (Fsp3) is 0.517. The van der Waals surface area contributed by atoms with E-state index in [1.165, 1.54) is 0 Å². The molecule has 0 spiro atoms. The average molecular weight is 680 g/mol. The minimum Gasteiger partial charge on any atom is -0.481 e. The largest absolute Gasteiger partial charge is 0.481 e. The average Bonchev–Trinajstić information content (AvgIpc) is 2.98. The van der Waals surface area contributed by atoms with Crippen molar-refractivity contribution in [3.63, 3.8) is 0 Å². The lowest BCUT2D eigenvalue weighted by Gasteiger charge is -2.30. The molecule has 1 aliphatic rings. The minimum atomic E-state index is -1.91. The molecule has 0 bridgehead atoms. The number of aliphatic hydroxyl groups is 3. The van der Waals surface area contributed by atoms with E-state index >= 15 is 0 Å². The highest BCUT2D eigenvalue weighted by molar-refractivity contribution is 6.00. The summed E-state index contributed by atoms with van der Waals surface area (Å²) in [5, 5.41) is 53.5. The van der Waals surface area contributed by atoms with Crippen LogP contribution in [0.2, 0.25) is 0 Å². The van der Waals surface area contributed by atoms with E-state index in [0.29, 0.717) is 5.56 Å². The lowest BCUT2D eigenvalue weighted by atomic mass is 10.0. The molecule has 19 nitrogen and oxygen atoms in total. The number of hydrogen-bond acceptors (Lipinski definition) is 11. The number of benzene rings is 1. The maximum Gasteiger partial charge on any atom is 0.305 e. The molecule has 0 unspecified atom stereocenters. The van der Waals surface area contributed by atoms with Crippen molar-refractivity contribution in [2.24, 2.45) is 5.73 Å². The van der Waals surface area contributed by atoms with Gasteiger partial charge in [-0.2, -0.15) is 0 Å². The summed E-state index contributed by atoms with van der Waals surface area (Å²) in [6, 6.07) is -2.55. The number of carboxylic acids is 1. The highest BCUT2D eigenvalue weighted by atomic mass is 16.4. The molecule has 0 radical (unpaired) electrons. The van der Waals surface area contributed by atoms with E-state index in [1.54, 1.807) is 30.3 Å². The van der Waals surface area contributed by atoms with Gasteiger partial charge < -0.3 is 58.1 Å². The summed E-state index contributed by atoms with van der Waals surface area (Å²) in [6.07, 6.45) is -7.03. The van der Waals surface area contributed by atoms with Gasteiger partial charge in [0.15, 0.2) is 0 Å². The van der Waals surface area contributed by atoms with Crippen molar-refractivity contribution in [3.05, 3.63) is 35.9 Å². The standard InChI is InChI=1S/C29H41N7O12/c1-12(37)21-27(46)33-18(11-20(41)42)26(45)35-23(14(3)39)29(48)36-22(13(2)38)28(47)32-17(10-19(30)40)24(43)31-16(25(44)34-21)9-15-7-5-4-6-8-15/h4-8,12-14,16-18,21-23,37-39H,9-11H2,1-3H3,(H2,30,40)(H,31,43)(H,32,47)(H,33,46)(H,34,44)(H,35,45)(H,36,48)(H,41,42)/t12-,13-,14-,16+,17+,18+,21+,22+,23+/m1/s1. The van der Waals surface area contributed by atoms with Gasteiger partial charge in [-0.15, -0.1) is 0 Å². The van der Waals surface area contributed by atoms with Crippen LogP contribution < -0.4 is 37.6 Å². The zero-order chi connectivity index (χ0) is 36.3. The van der Waals surface area contributed by atoms with Crippen molar-refractivity contribution >= 4 is 47.3 Å². The SMILES string of the molecule is C[C@@H](O)[C@@H]1NC(=O)[C@H](Cc2ccccc2)NC(=O)[C@H](CC(N)=O)NC(=O)[C@H]([C@@H](C)O)NC(=O)[C@H]([C@@H](C)O)NC(=O)[C@H](CC(=O)O)NC1=O. The number of carbonyl (C=O) groups is 8. The first-order valence-electron chi connectivity index (χ1n) is 14.8. The zero-order valence-electron chi connectivity index (χ0n) is 26.3. The van der Waals surface area contributed by atoms with E-state index in [1.807, 2.05) is 0 Å². The van der Waals surface area contributed by atoms with Crippen molar-refractivity contribution in [3.8, 4) is 0 Å². The maximum absolute atomic E-state index is 13.6. The first-order valence-corrected chi connectivity index (χ1v) is 14.8. The van der Waals surface area contributed by atoms with Crippen molar-refractivity contribution in [2.45, 2.75) is 94.6 Å². The van der Waals surface area contributed by atoms with Gasteiger partial charge in [-0.1, -0.05) is 30.3 Å². The van der Waals surface area contributed by atoms with Crippen LogP contribution in [0, 0.1) is 0 Å². The molecule has 264 valence electrons. The Balaban J connectivity index is 2.67. The summed E-state index contributed by atoms with van der Waals surface area (Å²) in [7, 11) is 0. The maximum atomic E-state index is 13.6. The summed E-state index contributed by atoms with van der Waals surface area (Å²) < 4.78 is 0. The number of rotatable bonds is 9. The van der Waals surface area contributed by atoms with Crippen LogP contribution in [0.1, 0.15) is 39.2 Å². The predicted octanol–water partition coefficient (Wildman–Crippen LogP) is -5.36. The van der Waals surface area contributed by atoms with Crippen LogP contribution in [-0.2, 0) is 44.8 Å². The van der Waals surface area contributed by atoms with Gasteiger partial charge in [0.1, 0.15) is 36.3 Å². The van der Waals surface area contributed by atoms with E-state index in [-0.39, 0.29) is 6.42 Å². The second-order valence-corrected chi connectivity index (χ2v) is 11.3. The molecule has 1 aromatic rings. The number of amides is 7. The number of aliphatic carboxylic acids is 1. The highest BCUT2D eigenvalue weighted by Gasteiger charge is 2.38.